The molecule has 1 aliphatic heterocycles. The van der Waals surface area contributed by atoms with E-state index in [9.17, 15) is 9.59 Å². The molecule has 0 spiro atoms. The number of piperazine rings is 1. The van der Waals surface area contributed by atoms with Gasteiger partial charge in [0, 0.05) is 37.7 Å². The zero-order valence-electron chi connectivity index (χ0n) is 13.9. The molecule has 1 saturated carbocycles. The number of carbonyl (C=O) groups is 2. The van der Waals surface area contributed by atoms with Gasteiger partial charge < -0.3 is 14.5 Å². The van der Waals surface area contributed by atoms with Crippen molar-refractivity contribution in [2.45, 2.75) is 26.2 Å². The molecule has 0 aromatic heterocycles. The summed E-state index contributed by atoms with van der Waals surface area (Å²) in [5.74, 6) is 1.39. The summed E-state index contributed by atoms with van der Waals surface area (Å²) >= 11 is 0. The summed E-state index contributed by atoms with van der Waals surface area (Å²) in [6.45, 7) is 4.58. The van der Waals surface area contributed by atoms with Crippen LogP contribution in [0.15, 0.2) is 18.2 Å². The van der Waals surface area contributed by atoms with E-state index in [0.29, 0.717) is 31.7 Å². The molecule has 0 radical (unpaired) electrons. The molecule has 5 nitrogen and oxygen atoms in total. The number of ether oxygens (including phenoxy) is 1. The van der Waals surface area contributed by atoms with Gasteiger partial charge in [-0.2, -0.15) is 0 Å². The van der Waals surface area contributed by atoms with E-state index in [1.165, 1.54) is 0 Å². The molecule has 1 aromatic rings. The molecule has 0 atom stereocenters. The monoisotopic (exact) mass is 316 g/mol. The third-order valence-corrected chi connectivity index (χ3v) is 4.71. The van der Waals surface area contributed by atoms with E-state index in [4.69, 9.17) is 4.74 Å². The topological polar surface area (TPSA) is 49.9 Å². The van der Waals surface area contributed by atoms with Crippen molar-refractivity contribution in [3.8, 4) is 5.75 Å². The first kappa shape index (κ1) is 15.8. The van der Waals surface area contributed by atoms with Gasteiger partial charge in [-0.15, -0.1) is 0 Å². The first-order valence-electron chi connectivity index (χ1n) is 8.39. The number of nitrogens with zero attached hydrogens (tertiary/aromatic N) is 2. The number of methoxy groups -OCH3 is 1. The second kappa shape index (κ2) is 6.60. The molecule has 1 aromatic carbocycles. The SMILES string of the molecule is CCc1cc(C(=O)N2CCN(C(=O)C3CC3)CC2)ccc1OC. The van der Waals surface area contributed by atoms with Gasteiger partial charge in [0.2, 0.25) is 5.91 Å². The molecule has 1 aliphatic carbocycles. The molecule has 0 N–H and O–H groups in total. The number of aryl methyl sites for hydroxylation is 1. The molecule has 23 heavy (non-hydrogen) atoms. The maximum atomic E-state index is 12.7. The van der Waals surface area contributed by atoms with Crippen LogP contribution < -0.4 is 4.74 Å². The van der Waals surface area contributed by atoms with E-state index in [0.717, 1.165) is 30.6 Å². The quantitative estimate of drug-likeness (QED) is 0.853. The average Bonchev–Trinajstić information content (AvgIpc) is 3.45. The van der Waals surface area contributed by atoms with Crippen LogP contribution in [0.3, 0.4) is 0 Å². The fourth-order valence-corrected chi connectivity index (χ4v) is 3.09. The zero-order chi connectivity index (χ0) is 16.4. The fourth-order valence-electron chi connectivity index (χ4n) is 3.09. The molecule has 1 saturated heterocycles. The van der Waals surface area contributed by atoms with E-state index in [1.54, 1.807) is 7.11 Å². The minimum atomic E-state index is 0.0425. The number of benzene rings is 1. The van der Waals surface area contributed by atoms with E-state index in [1.807, 2.05) is 34.9 Å². The van der Waals surface area contributed by atoms with Crippen molar-refractivity contribution in [3.05, 3.63) is 29.3 Å². The van der Waals surface area contributed by atoms with Gasteiger partial charge in [-0.3, -0.25) is 9.59 Å². The van der Waals surface area contributed by atoms with Crippen molar-refractivity contribution >= 4 is 11.8 Å². The van der Waals surface area contributed by atoms with Crippen LogP contribution in [0.5, 0.6) is 5.75 Å². The van der Waals surface area contributed by atoms with E-state index in [-0.39, 0.29) is 17.7 Å². The molecule has 2 amide bonds. The lowest BCUT2D eigenvalue weighted by atomic mass is 10.1. The highest BCUT2D eigenvalue weighted by Gasteiger charge is 2.35. The summed E-state index contributed by atoms with van der Waals surface area (Å²) in [7, 11) is 1.64. The normalized spacial score (nSPS) is 18.0. The maximum Gasteiger partial charge on any atom is 0.253 e. The van der Waals surface area contributed by atoms with Crippen LogP contribution in [0.25, 0.3) is 0 Å². The predicted octanol–water partition coefficient (Wildman–Crippen LogP) is 1.95. The molecular formula is C18H24N2O3. The zero-order valence-corrected chi connectivity index (χ0v) is 13.9. The Morgan fingerprint density at radius 3 is 2.35 bits per heavy atom. The first-order chi connectivity index (χ1) is 11.1. The summed E-state index contributed by atoms with van der Waals surface area (Å²) < 4.78 is 5.32. The molecule has 1 heterocycles. The second-order valence-corrected chi connectivity index (χ2v) is 6.27. The van der Waals surface area contributed by atoms with Crippen LogP contribution in [0.2, 0.25) is 0 Å². The van der Waals surface area contributed by atoms with Gasteiger partial charge >= 0.3 is 0 Å². The Hall–Kier alpha value is -2.04. The molecular weight excluding hydrogens is 292 g/mol. The average molecular weight is 316 g/mol. The van der Waals surface area contributed by atoms with Crippen LogP contribution in [0.1, 0.15) is 35.7 Å². The number of carbonyl (C=O) groups excluding carboxylic acids is 2. The molecule has 0 bridgehead atoms. The smallest absolute Gasteiger partial charge is 0.253 e. The minimum Gasteiger partial charge on any atom is -0.496 e. The van der Waals surface area contributed by atoms with Gasteiger partial charge in [0.15, 0.2) is 0 Å². The first-order valence-corrected chi connectivity index (χ1v) is 8.39. The number of rotatable bonds is 4. The standard InChI is InChI=1S/C18H24N2O3/c1-3-13-12-15(6-7-16(13)23-2)18(22)20-10-8-19(9-11-20)17(21)14-4-5-14/h6-7,12,14H,3-5,8-11H2,1-2H3. The van der Waals surface area contributed by atoms with Gasteiger partial charge in [0.05, 0.1) is 7.11 Å². The Morgan fingerprint density at radius 2 is 1.78 bits per heavy atom. The van der Waals surface area contributed by atoms with Crippen molar-refractivity contribution in [1.29, 1.82) is 0 Å². The number of amides is 2. The summed E-state index contributed by atoms with van der Waals surface area (Å²) in [4.78, 5) is 28.5. The molecule has 0 unspecified atom stereocenters. The van der Waals surface area contributed by atoms with Crippen LogP contribution in [0.4, 0.5) is 0 Å². The Balaban J connectivity index is 1.63. The molecule has 2 fully saturated rings. The van der Waals surface area contributed by atoms with Crippen molar-refractivity contribution in [2.24, 2.45) is 5.92 Å². The van der Waals surface area contributed by atoms with Crippen molar-refractivity contribution in [3.63, 3.8) is 0 Å². The number of hydrogen-bond acceptors (Lipinski definition) is 3. The Kier molecular flexibility index (Phi) is 4.55. The van der Waals surface area contributed by atoms with Gasteiger partial charge in [0.1, 0.15) is 5.75 Å². The molecule has 2 aliphatic rings. The lowest BCUT2D eigenvalue weighted by molar-refractivity contribution is -0.134. The van der Waals surface area contributed by atoms with Gasteiger partial charge in [0.25, 0.3) is 5.91 Å². The van der Waals surface area contributed by atoms with Gasteiger partial charge in [-0.1, -0.05) is 6.92 Å². The Bertz CT molecular complexity index is 602. The largest absolute Gasteiger partial charge is 0.496 e. The Labute approximate surface area is 137 Å². The highest BCUT2D eigenvalue weighted by molar-refractivity contribution is 5.95. The summed E-state index contributed by atoms with van der Waals surface area (Å²) in [5.41, 5.74) is 1.74. The van der Waals surface area contributed by atoms with Crippen molar-refractivity contribution in [1.82, 2.24) is 9.80 Å². The fraction of sp³-hybridized carbons (Fsp3) is 0.556. The lowest BCUT2D eigenvalue weighted by Gasteiger charge is -2.35. The van der Waals surface area contributed by atoms with E-state index in [2.05, 4.69) is 0 Å². The van der Waals surface area contributed by atoms with E-state index >= 15 is 0 Å². The third kappa shape index (κ3) is 3.33. The predicted molar refractivity (Wildman–Crippen MR) is 87.6 cm³/mol. The lowest BCUT2D eigenvalue weighted by Crippen LogP contribution is -2.51. The number of hydrogen-bond donors (Lipinski definition) is 0. The summed E-state index contributed by atoms with van der Waals surface area (Å²) in [6.07, 6.45) is 2.89. The third-order valence-electron chi connectivity index (χ3n) is 4.71. The van der Waals surface area contributed by atoms with Crippen LogP contribution in [-0.2, 0) is 11.2 Å². The van der Waals surface area contributed by atoms with Gasteiger partial charge in [-0.05, 0) is 43.0 Å². The second-order valence-electron chi connectivity index (χ2n) is 6.27. The minimum absolute atomic E-state index is 0.0425. The van der Waals surface area contributed by atoms with E-state index < -0.39 is 0 Å². The molecule has 124 valence electrons. The molecule has 5 heteroatoms. The maximum absolute atomic E-state index is 12.7. The highest BCUT2D eigenvalue weighted by Crippen LogP contribution is 2.31. The van der Waals surface area contributed by atoms with Crippen LogP contribution in [0, 0.1) is 5.92 Å². The van der Waals surface area contributed by atoms with Gasteiger partial charge in [-0.25, -0.2) is 0 Å². The summed E-state index contributed by atoms with van der Waals surface area (Å²) in [6, 6.07) is 5.60. The molecule has 3 rings (SSSR count). The highest BCUT2D eigenvalue weighted by atomic mass is 16.5. The summed E-state index contributed by atoms with van der Waals surface area (Å²) in [5, 5.41) is 0. The Morgan fingerprint density at radius 1 is 1.13 bits per heavy atom. The van der Waals surface area contributed by atoms with Crippen molar-refractivity contribution < 1.29 is 14.3 Å². The van der Waals surface area contributed by atoms with Crippen LogP contribution in [-0.4, -0.2) is 54.9 Å². The van der Waals surface area contributed by atoms with Crippen LogP contribution >= 0.6 is 0 Å². The van der Waals surface area contributed by atoms with Crippen molar-refractivity contribution in [2.75, 3.05) is 33.3 Å².